The molecule has 0 amide bonds. The van der Waals surface area contributed by atoms with Gasteiger partial charge in [-0.05, 0) is 13.3 Å². The van der Waals surface area contributed by atoms with E-state index in [1.54, 1.807) is 11.3 Å². The lowest BCUT2D eigenvalue weighted by molar-refractivity contribution is 0.755. The number of nitrogens with zero attached hydrogens (tertiary/aromatic N) is 1. The fourth-order valence-electron chi connectivity index (χ4n) is 0.845. The summed E-state index contributed by atoms with van der Waals surface area (Å²) in [6.45, 7) is 5.62. The number of rotatable bonds is 3. The average molecular weight is 168 g/mol. The number of hydrogen-bond acceptors (Lipinski definition) is 3. The normalized spacial score (nSPS) is 12.9. The van der Waals surface area contributed by atoms with Gasteiger partial charge in [0, 0.05) is 17.1 Å². The molecule has 1 unspecified atom stereocenters. The standard InChI is InChI=1S/C8H12N2S/c1-3-4-7(9)8-5-10-6(2)11-8/h3,5,7H,1,4,9H2,2H3. The van der Waals surface area contributed by atoms with Gasteiger partial charge in [0.25, 0.3) is 0 Å². The second kappa shape index (κ2) is 3.64. The number of nitrogens with two attached hydrogens (primary N) is 1. The van der Waals surface area contributed by atoms with Crippen LogP contribution in [0.25, 0.3) is 0 Å². The minimum Gasteiger partial charge on any atom is -0.323 e. The third kappa shape index (κ3) is 2.13. The van der Waals surface area contributed by atoms with E-state index >= 15 is 0 Å². The molecule has 1 aromatic rings. The Hall–Kier alpha value is -0.670. The quantitative estimate of drug-likeness (QED) is 0.701. The van der Waals surface area contributed by atoms with Crippen LogP contribution in [0, 0.1) is 6.92 Å². The van der Waals surface area contributed by atoms with Crippen molar-refractivity contribution in [1.82, 2.24) is 4.98 Å². The number of thiazole rings is 1. The zero-order valence-electron chi connectivity index (χ0n) is 6.58. The first-order valence-corrected chi connectivity index (χ1v) is 4.34. The maximum absolute atomic E-state index is 5.82. The summed E-state index contributed by atoms with van der Waals surface area (Å²) in [4.78, 5) is 5.27. The van der Waals surface area contributed by atoms with Gasteiger partial charge in [0.05, 0.1) is 5.01 Å². The highest BCUT2D eigenvalue weighted by atomic mass is 32.1. The third-order valence-electron chi connectivity index (χ3n) is 1.43. The first-order valence-electron chi connectivity index (χ1n) is 3.53. The highest BCUT2D eigenvalue weighted by molar-refractivity contribution is 7.11. The second-order valence-electron chi connectivity index (χ2n) is 2.41. The molecule has 0 saturated heterocycles. The molecule has 2 nitrogen and oxygen atoms in total. The second-order valence-corrected chi connectivity index (χ2v) is 3.68. The molecule has 0 aromatic carbocycles. The van der Waals surface area contributed by atoms with Crippen molar-refractivity contribution in [2.24, 2.45) is 5.73 Å². The molecular formula is C8H12N2S. The molecule has 1 rings (SSSR count). The summed E-state index contributed by atoms with van der Waals surface area (Å²) in [5, 5.41) is 1.07. The highest BCUT2D eigenvalue weighted by Crippen LogP contribution is 2.20. The maximum atomic E-state index is 5.82. The Bertz CT molecular complexity index is 242. The van der Waals surface area contributed by atoms with E-state index < -0.39 is 0 Å². The van der Waals surface area contributed by atoms with Crippen LogP contribution < -0.4 is 5.73 Å². The van der Waals surface area contributed by atoms with Crippen LogP contribution in [0.2, 0.25) is 0 Å². The van der Waals surface area contributed by atoms with Gasteiger partial charge in [0.15, 0.2) is 0 Å². The molecule has 3 heteroatoms. The van der Waals surface area contributed by atoms with Crippen LogP contribution in [0.1, 0.15) is 22.3 Å². The van der Waals surface area contributed by atoms with Crippen molar-refractivity contribution >= 4 is 11.3 Å². The lowest BCUT2D eigenvalue weighted by Crippen LogP contribution is -2.06. The van der Waals surface area contributed by atoms with E-state index in [1.807, 2.05) is 19.2 Å². The van der Waals surface area contributed by atoms with Gasteiger partial charge >= 0.3 is 0 Å². The van der Waals surface area contributed by atoms with E-state index in [2.05, 4.69) is 11.6 Å². The SMILES string of the molecule is C=CCC(N)c1cnc(C)s1. The van der Waals surface area contributed by atoms with Crippen LogP contribution in [-0.4, -0.2) is 4.98 Å². The monoisotopic (exact) mass is 168 g/mol. The van der Waals surface area contributed by atoms with Crippen molar-refractivity contribution < 1.29 is 0 Å². The number of aromatic nitrogens is 1. The molecule has 11 heavy (non-hydrogen) atoms. The van der Waals surface area contributed by atoms with Gasteiger partial charge in [0.1, 0.15) is 0 Å². The van der Waals surface area contributed by atoms with Crippen LogP contribution in [0.4, 0.5) is 0 Å². The van der Waals surface area contributed by atoms with Crippen molar-refractivity contribution in [1.29, 1.82) is 0 Å². The van der Waals surface area contributed by atoms with Gasteiger partial charge in [-0.15, -0.1) is 17.9 Å². The Morgan fingerprint density at radius 1 is 1.91 bits per heavy atom. The maximum Gasteiger partial charge on any atom is 0.0897 e. The van der Waals surface area contributed by atoms with Crippen molar-refractivity contribution in [2.75, 3.05) is 0 Å². The van der Waals surface area contributed by atoms with Crippen molar-refractivity contribution in [3.8, 4) is 0 Å². The predicted molar refractivity (Wildman–Crippen MR) is 48.6 cm³/mol. The molecule has 1 heterocycles. The van der Waals surface area contributed by atoms with Gasteiger partial charge in [-0.3, -0.25) is 0 Å². The summed E-state index contributed by atoms with van der Waals surface area (Å²) in [5.74, 6) is 0. The van der Waals surface area contributed by atoms with E-state index in [1.165, 1.54) is 0 Å². The Morgan fingerprint density at radius 3 is 3.09 bits per heavy atom. The Balaban J connectivity index is 2.67. The largest absolute Gasteiger partial charge is 0.323 e. The molecule has 0 aliphatic carbocycles. The molecule has 2 N–H and O–H groups in total. The summed E-state index contributed by atoms with van der Waals surface area (Å²) < 4.78 is 0. The fraction of sp³-hybridized carbons (Fsp3) is 0.375. The highest BCUT2D eigenvalue weighted by Gasteiger charge is 2.05. The smallest absolute Gasteiger partial charge is 0.0897 e. The lowest BCUT2D eigenvalue weighted by Gasteiger charge is -2.02. The minimum absolute atomic E-state index is 0.0821. The van der Waals surface area contributed by atoms with E-state index in [-0.39, 0.29) is 6.04 Å². The molecule has 0 radical (unpaired) electrons. The molecule has 0 fully saturated rings. The molecule has 0 bridgehead atoms. The first-order chi connectivity index (χ1) is 5.24. The van der Waals surface area contributed by atoms with Crippen molar-refractivity contribution in [2.45, 2.75) is 19.4 Å². The number of hydrogen-bond donors (Lipinski definition) is 1. The third-order valence-corrected chi connectivity index (χ3v) is 2.47. The molecule has 0 spiro atoms. The fourth-order valence-corrected chi connectivity index (χ4v) is 1.64. The van der Waals surface area contributed by atoms with Gasteiger partial charge < -0.3 is 5.73 Å². The summed E-state index contributed by atoms with van der Waals surface area (Å²) in [6.07, 6.45) is 4.50. The minimum atomic E-state index is 0.0821. The summed E-state index contributed by atoms with van der Waals surface area (Å²) in [5.41, 5.74) is 5.82. The summed E-state index contributed by atoms with van der Waals surface area (Å²) in [7, 11) is 0. The first kappa shape index (κ1) is 8.43. The molecule has 0 aliphatic heterocycles. The van der Waals surface area contributed by atoms with Crippen LogP contribution in [-0.2, 0) is 0 Å². The number of aryl methyl sites for hydroxylation is 1. The van der Waals surface area contributed by atoms with Crippen LogP contribution in [0.15, 0.2) is 18.9 Å². The van der Waals surface area contributed by atoms with Gasteiger partial charge in [-0.25, -0.2) is 4.98 Å². The van der Waals surface area contributed by atoms with E-state index in [0.29, 0.717) is 0 Å². The van der Waals surface area contributed by atoms with Crippen LogP contribution in [0.5, 0.6) is 0 Å². The topological polar surface area (TPSA) is 38.9 Å². The predicted octanol–water partition coefficient (Wildman–Crippen LogP) is 2.03. The Kier molecular flexibility index (Phi) is 2.79. The van der Waals surface area contributed by atoms with E-state index in [4.69, 9.17) is 5.73 Å². The summed E-state index contributed by atoms with van der Waals surface area (Å²) in [6, 6.07) is 0.0821. The van der Waals surface area contributed by atoms with E-state index in [0.717, 1.165) is 16.3 Å². The zero-order chi connectivity index (χ0) is 8.27. The zero-order valence-corrected chi connectivity index (χ0v) is 7.40. The molecular weight excluding hydrogens is 156 g/mol. The Labute approximate surface area is 70.8 Å². The van der Waals surface area contributed by atoms with Crippen LogP contribution >= 0.6 is 11.3 Å². The lowest BCUT2D eigenvalue weighted by atomic mass is 10.2. The molecule has 60 valence electrons. The van der Waals surface area contributed by atoms with Gasteiger partial charge in [0.2, 0.25) is 0 Å². The summed E-state index contributed by atoms with van der Waals surface area (Å²) >= 11 is 1.65. The molecule has 1 atom stereocenters. The van der Waals surface area contributed by atoms with Crippen LogP contribution in [0.3, 0.4) is 0 Å². The Morgan fingerprint density at radius 2 is 2.64 bits per heavy atom. The average Bonchev–Trinajstić information content (AvgIpc) is 2.36. The molecule has 0 saturated carbocycles. The van der Waals surface area contributed by atoms with Crippen molar-refractivity contribution in [3.05, 3.63) is 28.7 Å². The van der Waals surface area contributed by atoms with Gasteiger partial charge in [-0.2, -0.15) is 0 Å². The van der Waals surface area contributed by atoms with Gasteiger partial charge in [-0.1, -0.05) is 6.08 Å². The molecule has 1 aromatic heterocycles. The van der Waals surface area contributed by atoms with Crippen molar-refractivity contribution in [3.63, 3.8) is 0 Å². The van der Waals surface area contributed by atoms with E-state index in [9.17, 15) is 0 Å². The molecule has 0 aliphatic rings.